The molecule has 34 heavy (non-hydrogen) atoms. The van der Waals surface area contributed by atoms with Crippen molar-refractivity contribution < 1.29 is 22.7 Å². The molecule has 1 aromatic heterocycles. The van der Waals surface area contributed by atoms with E-state index in [1.54, 1.807) is 24.3 Å². The molecular formula is C23H22N4O5S2. The monoisotopic (exact) mass is 498 g/mol. The van der Waals surface area contributed by atoms with Gasteiger partial charge < -0.3 is 9.47 Å². The summed E-state index contributed by atoms with van der Waals surface area (Å²) in [5, 5.41) is 11.3. The largest absolute Gasteiger partial charge is 0.490 e. The molecule has 0 unspecified atom stereocenters. The predicted octanol–water partition coefficient (Wildman–Crippen LogP) is 3.56. The first-order valence-electron chi connectivity index (χ1n) is 10.1. The second-order valence-electron chi connectivity index (χ2n) is 7.31. The van der Waals surface area contributed by atoms with Gasteiger partial charge in [0, 0.05) is 17.8 Å². The molecule has 0 bridgehead atoms. The summed E-state index contributed by atoms with van der Waals surface area (Å²) < 4.78 is 38.0. The predicted molar refractivity (Wildman–Crippen MR) is 129 cm³/mol. The third-order valence-corrected chi connectivity index (χ3v) is 6.06. The lowest BCUT2D eigenvalue weighted by molar-refractivity contribution is -0.112. The van der Waals surface area contributed by atoms with E-state index in [2.05, 4.69) is 14.7 Å². The lowest BCUT2D eigenvalue weighted by Gasteiger charge is -2.11. The van der Waals surface area contributed by atoms with Gasteiger partial charge in [-0.15, -0.1) is 0 Å². The summed E-state index contributed by atoms with van der Waals surface area (Å²) in [4.78, 5) is 16.1. The van der Waals surface area contributed by atoms with Crippen molar-refractivity contribution in [1.29, 1.82) is 5.26 Å². The van der Waals surface area contributed by atoms with Crippen LogP contribution in [0.25, 0.3) is 6.08 Å². The average molecular weight is 499 g/mol. The summed E-state index contributed by atoms with van der Waals surface area (Å²) in [6, 6.07) is 14.7. The molecule has 1 heterocycles. The van der Waals surface area contributed by atoms with Crippen molar-refractivity contribution in [1.82, 2.24) is 9.36 Å². The van der Waals surface area contributed by atoms with Crippen molar-refractivity contribution in [2.45, 2.75) is 19.0 Å². The van der Waals surface area contributed by atoms with Crippen LogP contribution >= 0.6 is 11.5 Å². The van der Waals surface area contributed by atoms with Crippen molar-refractivity contribution in [3.05, 3.63) is 64.7 Å². The van der Waals surface area contributed by atoms with E-state index < -0.39 is 15.7 Å². The highest BCUT2D eigenvalue weighted by atomic mass is 32.2. The van der Waals surface area contributed by atoms with E-state index in [0.29, 0.717) is 36.1 Å². The SMILES string of the molecule is Cc1ccc(C)c(OCCOc2ccc(C=C(C#N)C(=O)Nc3nc(S(C)(=O)=O)ns3)cc2)c1. The average Bonchev–Trinajstić information content (AvgIpc) is 3.27. The molecule has 3 rings (SSSR count). The molecule has 0 spiro atoms. The highest BCUT2D eigenvalue weighted by molar-refractivity contribution is 7.90. The number of carbonyl (C=O) groups excluding carboxylic acids is 1. The topological polar surface area (TPSA) is 131 Å². The Hall–Kier alpha value is -3.75. The van der Waals surface area contributed by atoms with Gasteiger partial charge in [-0.2, -0.15) is 14.6 Å². The molecule has 1 amide bonds. The summed E-state index contributed by atoms with van der Waals surface area (Å²) in [5.74, 6) is 0.724. The smallest absolute Gasteiger partial charge is 0.268 e. The van der Waals surface area contributed by atoms with E-state index in [-0.39, 0.29) is 15.9 Å². The Morgan fingerprint density at radius 3 is 2.50 bits per heavy atom. The van der Waals surface area contributed by atoms with Gasteiger partial charge >= 0.3 is 0 Å². The number of anilines is 1. The molecule has 0 aliphatic heterocycles. The fraction of sp³-hybridized carbons (Fsp3) is 0.217. The van der Waals surface area contributed by atoms with E-state index in [0.717, 1.165) is 23.1 Å². The van der Waals surface area contributed by atoms with Crippen LogP contribution in [0.1, 0.15) is 16.7 Å². The van der Waals surface area contributed by atoms with E-state index in [1.807, 2.05) is 38.1 Å². The first-order valence-corrected chi connectivity index (χ1v) is 12.7. The molecule has 0 atom stereocenters. The summed E-state index contributed by atoms with van der Waals surface area (Å²) in [7, 11) is -3.59. The maximum atomic E-state index is 12.4. The number of benzene rings is 2. The number of rotatable bonds is 9. The fourth-order valence-electron chi connectivity index (χ4n) is 2.73. The van der Waals surface area contributed by atoms with Crippen LogP contribution in [0.4, 0.5) is 5.13 Å². The molecule has 9 nitrogen and oxygen atoms in total. The van der Waals surface area contributed by atoms with Crippen LogP contribution in [-0.2, 0) is 14.6 Å². The Morgan fingerprint density at radius 2 is 1.85 bits per heavy atom. The molecular weight excluding hydrogens is 476 g/mol. The Kier molecular flexibility index (Phi) is 7.99. The third kappa shape index (κ3) is 6.87. The molecule has 0 saturated carbocycles. The first kappa shape index (κ1) is 24.9. The first-order chi connectivity index (χ1) is 16.2. The summed E-state index contributed by atoms with van der Waals surface area (Å²) in [6.07, 6.45) is 2.37. The minimum atomic E-state index is -3.59. The quantitative estimate of drug-likeness (QED) is 0.269. The van der Waals surface area contributed by atoms with Gasteiger partial charge in [-0.3, -0.25) is 10.1 Å². The maximum Gasteiger partial charge on any atom is 0.268 e. The van der Waals surface area contributed by atoms with E-state index in [9.17, 15) is 18.5 Å². The van der Waals surface area contributed by atoms with Crippen LogP contribution in [0.2, 0.25) is 0 Å². The van der Waals surface area contributed by atoms with Gasteiger partial charge in [0.05, 0.1) is 0 Å². The van der Waals surface area contributed by atoms with Gasteiger partial charge in [-0.1, -0.05) is 24.3 Å². The van der Waals surface area contributed by atoms with Crippen LogP contribution in [0.5, 0.6) is 11.5 Å². The van der Waals surface area contributed by atoms with Gasteiger partial charge in [0.1, 0.15) is 36.4 Å². The van der Waals surface area contributed by atoms with Crippen LogP contribution in [0, 0.1) is 25.2 Å². The lowest BCUT2D eigenvalue weighted by Crippen LogP contribution is -2.13. The summed E-state index contributed by atoms with van der Waals surface area (Å²) in [5.41, 5.74) is 2.62. The number of nitrogens with zero attached hydrogens (tertiary/aromatic N) is 3. The minimum Gasteiger partial charge on any atom is -0.490 e. The molecule has 2 aromatic carbocycles. The second kappa shape index (κ2) is 10.9. The second-order valence-corrected chi connectivity index (χ2v) is 9.97. The number of aromatic nitrogens is 2. The number of ether oxygens (including phenoxy) is 2. The van der Waals surface area contributed by atoms with Crippen molar-refractivity contribution in [3.63, 3.8) is 0 Å². The normalized spacial score (nSPS) is 11.5. The van der Waals surface area contributed by atoms with Crippen molar-refractivity contribution in [3.8, 4) is 17.6 Å². The van der Waals surface area contributed by atoms with Gasteiger partial charge in [-0.25, -0.2) is 8.42 Å². The van der Waals surface area contributed by atoms with Crippen molar-refractivity contribution in [2.24, 2.45) is 0 Å². The van der Waals surface area contributed by atoms with Crippen molar-refractivity contribution in [2.75, 3.05) is 24.8 Å². The van der Waals surface area contributed by atoms with Crippen molar-refractivity contribution >= 4 is 38.5 Å². The zero-order valence-corrected chi connectivity index (χ0v) is 20.4. The Balaban J connectivity index is 1.55. The molecule has 11 heteroatoms. The van der Waals surface area contributed by atoms with Gasteiger partial charge in [-0.05, 0) is 54.8 Å². The van der Waals surface area contributed by atoms with Crippen LogP contribution in [0.3, 0.4) is 0 Å². The number of aryl methyl sites for hydroxylation is 2. The molecule has 3 aromatic rings. The minimum absolute atomic E-state index is 0.0154. The number of hydrogen-bond donors (Lipinski definition) is 1. The molecule has 0 radical (unpaired) electrons. The van der Waals surface area contributed by atoms with Crippen LogP contribution in [-0.4, -0.2) is 43.2 Å². The van der Waals surface area contributed by atoms with E-state index in [4.69, 9.17) is 9.47 Å². The molecule has 0 saturated heterocycles. The molecule has 0 aliphatic rings. The van der Waals surface area contributed by atoms with Gasteiger partial charge in [0.25, 0.3) is 11.1 Å². The summed E-state index contributed by atoms with van der Waals surface area (Å²) in [6.45, 7) is 4.73. The Labute approximate surface area is 201 Å². The third-order valence-electron chi connectivity index (χ3n) is 4.47. The molecule has 0 aliphatic carbocycles. The standard InChI is InChI=1S/C23H22N4O5S2/c1-15-4-5-16(2)20(12-15)32-11-10-31-19-8-6-17(7-9-19)13-18(14-24)21(28)25-22-26-23(27-33-22)34(3,29)30/h4-9,12-13H,10-11H2,1-3H3,(H,25,26,27,28). The molecule has 176 valence electrons. The number of amides is 1. The van der Waals surface area contributed by atoms with E-state index >= 15 is 0 Å². The fourth-order valence-corrected chi connectivity index (χ4v) is 4.16. The summed E-state index contributed by atoms with van der Waals surface area (Å²) >= 11 is 0.715. The van der Waals surface area contributed by atoms with Crippen LogP contribution < -0.4 is 14.8 Å². The number of sulfone groups is 1. The number of carbonyl (C=O) groups is 1. The zero-order valence-electron chi connectivity index (χ0n) is 18.7. The van der Waals surface area contributed by atoms with Gasteiger partial charge in [0.15, 0.2) is 0 Å². The number of nitrogens with one attached hydrogen (secondary N) is 1. The number of hydrogen-bond acceptors (Lipinski definition) is 9. The molecule has 1 N–H and O–H groups in total. The van der Waals surface area contributed by atoms with Gasteiger partial charge in [0.2, 0.25) is 15.0 Å². The highest BCUT2D eigenvalue weighted by Gasteiger charge is 2.17. The number of nitriles is 1. The Morgan fingerprint density at radius 1 is 1.15 bits per heavy atom. The molecule has 0 fully saturated rings. The highest BCUT2D eigenvalue weighted by Crippen LogP contribution is 2.20. The lowest BCUT2D eigenvalue weighted by atomic mass is 10.1. The Bertz CT molecular complexity index is 1360. The zero-order chi connectivity index (χ0) is 24.7. The van der Waals surface area contributed by atoms with E-state index in [1.165, 1.54) is 6.08 Å². The maximum absolute atomic E-state index is 12.4. The van der Waals surface area contributed by atoms with Crippen LogP contribution in [0.15, 0.2) is 53.2 Å².